The molecule has 0 aromatic heterocycles. The molecule has 0 heterocycles. The van der Waals surface area contributed by atoms with Crippen molar-refractivity contribution in [2.24, 2.45) is 0 Å². The Balaban J connectivity index is 2.46. The second-order valence-corrected chi connectivity index (χ2v) is 4.38. The molecule has 2 rings (SSSR count). The van der Waals surface area contributed by atoms with Gasteiger partial charge in [-0.05, 0) is 30.4 Å². The predicted molar refractivity (Wildman–Crippen MR) is 55.3 cm³/mol. The summed E-state index contributed by atoms with van der Waals surface area (Å²) in [6.45, 7) is 0. The Morgan fingerprint density at radius 2 is 1.88 bits per heavy atom. The maximum absolute atomic E-state index is 12.6. The summed E-state index contributed by atoms with van der Waals surface area (Å²) < 4.78 is 37.7. The van der Waals surface area contributed by atoms with Gasteiger partial charge in [-0.25, -0.2) is 0 Å². The van der Waals surface area contributed by atoms with E-state index < -0.39 is 17.9 Å². The van der Waals surface area contributed by atoms with E-state index in [0.717, 1.165) is 0 Å². The molecule has 17 heavy (non-hydrogen) atoms. The van der Waals surface area contributed by atoms with Crippen molar-refractivity contribution < 1.29 is 23.4 Å². The van der Waals surface area contributed by atoms with Gasteiger partial charge in [0, 0.05) is 0 Å². The summed E-state index contributed by atoms with van der Waals surface area (Å²) in [5.74, 6) is 0. The molecule has 0 unspecified atom stereocenters. The quantitative estimate of drug-likeness (QED) is 0.797. The van der Waals surface area contributed by atoms with Gasteiger partial charge in [0.2, 0.25) is 0 Å². The minimum atomic E-state index is -4.82. The summed E-state index contributed by atoms with van der Waals surface area (Å²) in [5, 5.41) is 19.5. The third kappa shape index (κ3) is 2.05. The molecule has 94 valence electrons. The van der Waals surface area contributed by atoms with Crippen molar-refractivity contribution in [2.45, 2.75) is 37.1 Å². The fourth-order valence-electron chi connectivity index (χ4n) is 2.40. The molecule has 2 nitrogen and oxygen atoms in total. The zero-order valence-corrected chi connectivity index (χ0v) is 9.04. The lowest BCUT2D eigenvalue weighted by molar-refractivity contribution is -0.263. The number of aliphatic hydroxyl groups excluding tert-OH is 1. The number of hydrogen-bond acceptors (Lipinski definition) is 2. The minimum Gasteiger partial charge on any atom is -0.382 e. The van der Waals surface area contributed by atoms with E-state index in [0.29, 0.717) is 18.4 Å². The fraction of sp³-hybridized carbons (Fsp3) is 0.500. The van der Waals surface area contributed by atoms with Crippen LogP contribution in [0.15, 0.2) is 24.3 Å². The monoisotopic (exact) mass is 246 g/mol. The zero-order valence-electron chi connectivity index (χ0n) is 9.04. The van der Waals surface area contributed by atoms with E-state index in [1.165, 1.54) is 6.07 Å². The molecule has 0 amide bonds. The van der Waals surface area contributed by atoms with Gasteiger partial charge in [-0.1, -0.05) is 24.3 Å². The second-order valence-electron chi connectivity index (χ2n) is 4.38. The number of aryl methyl sites for hydroxylation is 1. The van der Waals surface area contributed by atoms with Crippen molar-refractivity contribution in [1.29, 1.82) is 0 Å². The number of alkyl halides is 3. The van der Waals surface area contributed by atoms with Gasteiger partial charge < -0.3 is 10.2 Å². The lowest BCUT2D eigenvalue weighted by Gasteiger charge is -2.38. The lowest BCUT2D eigenvalue weighted by atomic mass is 9.75. The van der Waals surface area contributed by atoms with Crippen molar-refractivity contribution >= 4 is 0 Å². The average molecular weight is 246 g/mol. The van der Waals surface area contributed by atoms with Crippen molar-refractivity contribution in [2.75, 3.05) is 0 Å². The minimum absolute atomic E-state index is 0.0787. The van der Waals surface area contributed by atoms with Crippen LogP contribution in [0.25, 0.3) is 0 Å². The van der Waals surface area contributed by atoms with E-state index in [9.17, 15) is 23.4 Å². The molecule has 1 aromatic carbocycles. The first-order chi connectivity index (χ1) is 7.86. The maximum Gasteiger partial charge on any atom is 0.417 e. The molecule has 2 atom stereocenters. The molecule has 0 fully saturated rings. The smallest absolute Gasteiger partial charge is 0.382 e. The maximum atomic E-state index is 12.6. The summed E-state index contributed by atoms with van der Waals surface area (Å²) in [6.07, 6.45) is -6.58. The number of hydrogen-bond donors (Lipinski definition) is 2. The molecular formula is C12H13F3O2. The van der Waals surface area contributed by atoms with E-state index in [-0.39, 0.29) is 12.0 Å². The number of aliphatic hydroxyl groups is 2. The lowest BCUT2D eigenvalue weighted by Crippen LogP contribution is -2.50. The Hall–Kier alpha value is -1.07. The highest BCUT2D eigenvalue weighted by molar-refractivity contribution is 5.36. The fourth-order valence-corrected chi connectivity index (χ4v) is 2.40. The van der Waals surface area contributed by atoms with Crippen LogP contribution < -0.4 is 0 Å². The summed E-state index contributed by atoms with van der Waals surface area (Å²) in [6, 6.07) is 6.41. The van der Waals surface area contributed by atoms with Crippen molar-refractivity contribution in [3.05, 3.63) is 35.4 Å². The van der Waals surface area contributed by atoms with Crippen LogP contribution in [0.4, 0.5) is 13.2 Å². The van der Waals surface area contributed by atoms with Gasteiger partial charge in [-0.2, -0.15) is 13.2 Å². The number of fused-ring (bicyclic) bond motifs is 1. The van der Waals surface area contributed by atoms with Crippen molar-refractivity contribution in [3.8, 4) is 0 Å². The van der Waals surface area contributed by atoms with E-state index in [4.69, 9.17) is 0 Å². The Bertz CT molecular complexity index is 416. The molecule has 0 radical (unpaired) electrons. The number of benzene rings is 1. The molecule has 0 aliphatic heterocycles. The number of halogens is 3. The van der Waals surface area contributed by atoms with Crippen molar-refractivity contribution in [1.82, 2.24) is 0 Å². The van der Waals surface area contributed by atoms with Crippen LogP contribution in [0.2, 0.25) is 0 Å². The van der Waals surface area contributed by atoms with Crippen molar-refractivity contribution in [3.63, 3.8) is 0 Å². The van der Waals surface area contributed by atoms with Crippen LogP contribution in [0.5, 0.6) is 0 Å². The predicted octanol–water partition coefficient (Wildman–Crippen LogP) is 2.13. The third-order valence-electron chi connectivity index (χ3n) is 3.25. The molecule has 1 aliphatic carbocycles. The SMILES string of the molecule is O[C@@H](C(F)(F)F)[C@@]1(O)CCCc2ccccc21. The molecule has 0 saturated heterocycles. The van der Waals surface area contributed by atoms with Crippen LogP contribution in [-0.4, -0.2) is 22.5 Å². The topological polar surface area (TPSA) is 40.5 Å². The first kappa shape index (κ1) is 12.4. The standard InChI is InChI=1S/C12H13F3O2/c13-12(14,15)10(16)11(17)7-3-5-8-4-1-2-6-9(8)11/h1-2,4,6,10,16-17H,3,5,7H2/t10-,11-/m1/s1. The summed E-state index contributed by atoms with van der Waals surface area (Å²) in [7, 11) is 0. The first-order valence-corrected chi connectivity index (χ1v) is 5.41. The molecule has 2 N–H and O–H groups in total. The van der Waals surface area contributed by atoms with E-state index in [1.807, 2.05) is 0 Å². The Morgan fingerprint density at radius 3 is 2.53 bits per heavy atom. The Morgan fingerprint density at radius 1 is 1.24 bits per heavy atom. The molecule has 0 saturated carbocycles. The Labute approximate surface area is 96.7 Å². The summed E-state index contributed by atoms with van der Waals surface area (Å²) in [4.78, 5) is 0. The molecule has 0 bridgehead atoms. The van der Waals surface area contributed by atoms with Crippen LogP contribution in [-0.2, 0) is 12.0 Å². The normalized spacial score (nSPS) is 26.4. The first-order valence-electron chi connectivity index (χ1n) is 5.41. The molecule has 1 aliphatic rings. The molecule has 5 heteroatoms. The van der Waals surface area contributed by atoms with Crippen LogP contribution >= 0.6 is 0 Å². The summed E-state index contributed by atoms with van der Waals surface area (Å²) >= 11 is 0. The highest BCUT2D eigenvalue weighted by atomic mass is 19.4. The van der Waals surface area contributed by atoms with E-state index in [1.54, 1.807) is 18.2 Å². The van der Waals surface area contributed by atoms with E-state index in [2.05, 4.69) is 0 Å². The van der Waals surface area contributed by atoms with Crippen LogP contribution in [0, 0.1) is 0 Å². The highest BCUT2D eigenvalue weighted by Gasteiger charge is 2.54. The van der Waals surface area contributed by atoms with Crippen LogP contribution in [0.3, 0.4) is 0 Å². The summed E-state index contributed by atoms with van der Waals surface area (Å²) in [5.41, 5.74) is -1.35. The number of rotatable bonds is 1. The van der Waals surface area contributed by atoms with Gasteiger partial charge in [0.05, 0.1) is 0 Å². The van der Waals surface area contributed by atoms with Gasteiger partial charge >= 0.3 is 6.18 Å². The van der Waals surface area contributed by atoms with Gasteiger partial charge in [0.15, 0.2) is 6.10 Å². The molecule has 1 aromatic rings. The zero-order chi connectivity index (χ0) is 12.7. The molecular weight excluding hydrogens is 233 g/mol. The van der Waals surface area contributed by atoms with E-state index >= 15 is 0 Å². The molecule has 0 spiro atoms. The average Bonchev–Trinajstić information content (AvgIpc) is 2.27. The Kier molecular flexibility index (Phi) is 2.91. The largest absolute Gasteiger partial charge is 0.417 e. The van der Waals surface area contributed by atoms with Gasteiger partial charge in [0.25, 0.3) is 0 Å². The van der Waals surface area contributed by atoms with Gasteiger partial charge in [-0.3, -0.25) is 0 Å². The third-order valence-corrected chi connectivity index (χ3v) is 3.25. The highest BCUT2D eigenvalue weighted by Crippen LogP contribution is 2.42. The van der Waals surface area contributed by atoms with Crippen LogP contribution in [0.1, 0.15) is 24.0 Å². The van der Waals surface area contributed by atoms with Gasteiger partial charge in [-0.15, -0.1) is 0 Å². The van der Waals surface area contributed by atoms with Gasteiger partial charge in [0.1, 0.15) is 5.60 Å². The second kappa shape index (κ2) is 3.99.